The van der Waals surface area contributed by atoms with Crippen LogP contribution in [0.4, 0.5) is 10.1 Å². The first-order valence-electron chi connectivity index (χ1n) is 7.52. The molecule has 0 saturated carbocycles. The molecule has 3 rings (SSSR count). The Hall–Kier alpha value is -3.48. The van der Waals surface area contributed by atoms with Gasteiger partial charge in [0, 0.05) is 6.20 Å². The van der Waals surface area contributed by atoms with E-state index in [0.717, 1.165) is 0 Å². The van der Waals surface area contributed by atoms with Gasteiger partial charge in [-0.1, -0.05) is 24.3 Å². The van der Waals surface area contributed by atoms with Gasteiger partial charge < -0.3 is 11.1 Å². The molecule has 0 spiro atoms. The number of aromatic nitrogens is 2. The molecule has 2 amide bonds. The molecule has 0 aliphatic carbocycles. The van der Waals surface area contributed by atoms with Crippen LogP contribution in [0.15, 0.2) is 60.8 Å². The Morgan fingerprint density at radius 3 is 2.64 bits per heavy atom. The van der Waals surface area contributed by atoms with Crippen molar-refractivity contribution >= 4 is 17.5 Å². The number of benzene rings is 2. The summed E-state index contributed by atoms with van der Waals surface area (Å²) < 4.78 is 14.7. The fourth-order valence-corrected chi connectivity index (χ4v) is 2.40. The van der Waals surface area contributed by atoms with Gasteiger partial charge in [0.15, 0.2) is 0 Å². The summed E-state index contributed by atoms with van der Waals surface area (Å²) in [6, 6.07) is 14.4. The number of amides is 2. The van der Waals surface area contributed by atoms with Gasteiger partial charge in [-0.2, -0.15) is 5.10 Å². The van der Waals surface area contributed by atoms with E-state index >= 15 is 0 Å². The van der Waals surface area contributed by atoms with Crippen LogP contribution in [0.1, 0.15) is 16.1 Å². The first-order chi connectivity index (χ1) is 12.0. The third-order valence-electron chi connectivity index (χ3n) is 3.52. The summed E-state index contributed by atoms with van der Waals surface area (Å²) in [4.78, 5) is 23.4. The number of hydrogen-bond donors (Lipinski definition) is 2. The van der Waals surface area contributed by atoms with Crippen molar-refractivity contribution in [3.05, 3.63) is 77.9 Å². The number of carbonyl (C=O) groups excluding carboxylic acids is 2. The summed E-state index contributed by atoms with van der Waals surface area (Å²) >= 11 is 0. The van der Waals surface area contributed by atoms with Gasteiger partial charge >= 0.3 is 0 Å². The largest absolute Gasteiger partial charge is 0.364 e. The molecule has 0 radical (unpaired) electrons. The van der Waals surface area contributed by atoms with E-state index in [9.17, 15) is 14.0 Å². The van der Waals surface area contributed by atoms with Gasteiger partial charge in [0.2, 0.25) is 5.91 Å². The van der Waals surface area contributed by atoms with Gasteiger partial charge in [-0.05, 0) is 35.9 Å². The molecule has 1 heterocycles. The van der Waals surface area contributed by atoms with Crippen molar-refractivity contribution in [2.45, 2.75) is 6.42 Å². The molecule has 0 aliphatic rings. The van der Waals surface area contributed by atoms with Crippen LogP contribution in [-0.2, 0) is 11.2 Å². The van der Waals surface area contributed by atoms with Gasteiger partial charge in [0.05, 0.1) is 17.8 Å². The Labute approximate surface area is 143 Å². The lowest BCUT2D eigenvalue weighted by molar-refractivity contribution is -0.115. The van der Waals surface area contributed by atoms with Gasteiger partial charge in [-0.15, -0.1) is 0 Å². The van der Waals surface area contributed by atoms with E-state index in [-0.39, 0.29) is 23.8 Å². The lowest BCUT2D eigenvalue weighted by Crippen LogP contribution is -2.16. The predicted molar refractivity (Wildman–Crippen MR) is 90.8 cm³/mol. The fraction of sp³-hybridized carbons (Fsp3) is 0.0556. The number of carbonyl (C=O) groups is 2. The SMILES string of the molecule is NC(=O)c1ccn(-c2ccccc2NC(=O)Cc2cccc(F)c2)n1. The van der Waals surface area contributed by atoms with Crippen LogP contribution in [-0.4, -0.2) is 21.6 Å². The van der Waals surface area contributed by atoms with Crippen molar-refractivity contribution in [3.8, 4) is 5.69 Å². The molecule has 0 fully saturated rings. The minimum Gasteiger partial charge on any atom is -0.364 e. The highest BCUT2D eigenvalue weighted by molar-refractivity contribution is 5.94. The molecule has 126 valence electrons. The molecule has 7 heteroatoms. The molecule has 6 nitrogen and oxygen atoms in total. The molecular weight excluding hydrogens is 323 g/mol. The summed E-state index contributed by atoms with van der Waals surface area (Å²) in [5.41, 5.74) is 7.01. The third kappa shape index (κ3) is 3.89. The Morgan fingerprint density at radius 2 is 1.92 bits per heavy atom. The van der Waals surface area contributed by atoms with Gasteiger partial charge in [0.1, 0.15) is 11.5 Å². The molecule has 0 saturated heterocycles. The molecule has 3 aromatic rings. The number of halogens is 1. The van der Waals surface area contributed by atoms with E-state index in [1.54, 1.807) is 42.6 Å². The van der Waals surface area contributed by atoms with Crippen molar-refractivity contribution in [3.63, 3.8) is 0 Å². The molecule has 0 atom stereocenters. The number of anilines is 1. The van der Waals surface area contributed by atoms with E-state index in [4.69, 9.17) is 5.73 Å². The lowest BCUT2D eigenvalue weighted by Gasteiger charge is -2.11. The minimum atomic E-state index is -0.633. The normalized spacial score (nSPS) is 10.4. The van der Waals surface area contributed by atoms with Gasteiger partial charge in [0.25, 0.3) is 5.91 Å². The van der Waals surface area contributed by atoms with Crippen LogP contribution in [0.5, 0.6) is 0 Å². The number of primary amides is 1. The Bertz CT molecular complexity index is 936. The molecule has 1 aromatic heterocycles. The maximum absolute atomic E-state index is 13.2. The maximum atomic E-state index is 13.2. The van der Waals surface area contributed by atoms with Crippen LogP contribution in [0, 0.1) is 5.82 Å². The highest BCUT2D eigenvalue weighted by atomic mass is 19.1. The van der Waals surface area contributed by atoms with E-state index in [1.807, 2.05) is 0 Å². The highest BCUT2D eigenvalue weighted by Crippen LogP contribution is 2.20. The third-order valence-corrected chi connectivity index (χ3v) is 3.52. The monoisotopic (exact) mass is 338 g/mol. The second kappa shape index (κ2) is 6.96. The van der Waals surface area contributed by atoms with Crippen molar-refractivity contribution in [1.29, 1.82) is 0 Å². The summed E-state index contributed by atoms with van der Waals surface area (Å²) in [6.45, 7) is 0. The number of para-hydroxylation sites is 2. The summed E-state index contributed by atoms with van der Waals surface area (Å²) in [6.07, 6.45) is 1.62. The molecular formula is C18H15FN4O2. The Morgan fingerprint density at radius 1 is 1.12 bits per heavy atom. The van der Waals surface area contributed by atoms with Crippen LogP contribution >= 0.6 is 0 Å². The number of nitrogens with zero attached hydrogens (tertiary/aromatic N) is 2. The van der Waals surface area contributed by atoms with Gasteiger partial charge in [-0.3, -0.25) is 9.59 Å². The van der Waals surface area contributed by atoms with E-state index < -0.39 is 5.91 Å². The molecule has 0 bridgehead atoms. The van der Waals surface area contributed by atoms with E-state index in [2.05, 4.69) is 10.4 Å². The van der Waals surface area contributed by atoms with Crippen LogP contribution in [0.3, 0.4) is 0 Å². The number of hydrogen-bond acceptors (Lipinski definition) is 3. The summed E-state index contributed by atoms with van der Waals surface area (Å²) in [5, 5.41) is 6.86. The summed E-state index contributed by atoms with van der Waals surface area (Å²) in [5.74, 6) is -1.31. The lowest BCUT2D eigenvalue weighted by atomic mass is 10.1. The summed E-state index contributed by atoms with van der Waals surface area (Å²) in [7, 11) is 0. The molecule has 0 unspecified atom stereocenters. The Kier molecular flexibility index (Phi) is 4.56. The zero-order valence-electron chi connectivity index (χ0n) is 13.1. The van der Waals surface area contributed by atoms with Crippen molar-refractivity contribution < 1.29 is 14.0 Å². The molecule has 0 aliphatic heterocycles. The number of nitrogens with one attached hydrogen (secondary N) is 1. The van der Waals surface area contributed by atoms with Crippen LogP contribution in [0.2, 0.25) is 0 Å². The van der Waals surface area contributed by atoms with Crippen molar-refractivity contribution in [1.82, 2.24) is 9.78 Å². The van der Waals surface area contributed by atoms with Crippen LogP contribution < -0.4 is 11.1 Å². The highest BCUT2D eigenvalue weighted by Gasteiger charge is 2.12. The smallest absolute Gasteiger partial charge is 0.269 e. The first kappa shape index (κ1) is 16.4. The number of nitrogens with two attached hydrogens (primary N) is 1. The van der Waals surface area contributed by atoms with E-state index in [0.29, 0.717) is 16.9 Å². The topological polar surface area (TPSA) is 90.0 Å². The zero-order chi connectivity index (χ0) is 17.8. The Balaban J connectivity index is 1.80. The predicted octanol–water partition coefficient (Wildman–Crippen LogP) is 2.29. The quantitative estimate of drug-likeness (QED) is 0.748. The average molecular weight is 338 g/mol. The van der Waals surface area contributed by atoms with E-state index in [1.165, 1.54) is 22.9 Å². The zero-order valence-corrected chi connectivity index (χ0v) is 13.1. The van der Waals surface area contributed by atoms with Crippen molar-refractivity contribution in [2.24, 2.45) is 5.73 Å². The van der Waals surface area contributed by atoms with Gasteiger partial charge in [-0.25, -0.2) is 9.07 Å². The number of rotatable bonds is 5. The average Bonchev–Trinajstić information content (AvgIpc) is 3.05. The van der Waals surface area contributed by atoms with Crippen molar-refractivity contribution in [2.75, 3.05) is 5.32 Å². The second-order valence-corrected chi connectivity index (χ2v) is 5.38. The maximum Gasteiger partial charge on any atom is 0.269 e. The second-order valence-electron chi connectivity index (χ2n) is 5.38. The van der Waals surface area contributed by atoms with Crippen LogP contribution in [0.25, 0.3) is 5.69 Å². The molecule has 25 heavy (non-hydrogen) atoms. The molecule has 3 N–H and O–H groups in total. The fourth-order valence-electron chi connectivity index (χ4n) is 2.40. The standard InChI is InChI=1S/C18H15FN4O2/c19-13-5-3-4-12(10-13)11-17(24)21-14-6-1-2-7-16(14)23-9-8-15(22-23)18(20)25/h1-10H,11H2,(H2,20,25)(H,21,24). The first-order valence-corrected chi connectivity index (χ1v) is 7.52. The minimum absolute atomic E-state index is 0.0394. The molecule has 2 aromatic carbocycles.